The Morgan fingerprint density at radius 3 is 2.64 bits per heavy atom. The maximum Gasteiger partial charge on any atom is 0.303 e. The molecule has 0 amide bonds. The molecule has 2 atom stereocenters. The molecule has 0 unspecified atom stereocenters. The van der Waals surface area contributed by atoms with Crippen LogP contribution in [-0.4, -0.2) is 83.2 Å². The number of fused-ring (bicyclic) bond motifs is 1. The zero-order valence-electron chi connectivity index (χ0n) is 16.5. The molecule has 2 saturated heterocycles. The zero-order valence-corrected chi connectivity index (χ0v) is 16.5. The van der Waals surface area contributed by atoms with Gasteiger partial charge in [0.2, 0.25) is 0 Å². The summed E-state index contributed by atoms with van der Waals surface area (Å²) in [6, 6.07) is 8.38. The number of hydrogen-bond donors (Lipinski definition) is 1. The van der Waals surface area contributed by atoms with Crippen molar-refractivity contribution in [3.05, 3.63) is 30.5 Å². The Labute approximate surface area is 166 Å². The summed E-state index contributed by atoms with van der Waals surface area (Å²) >= 11 is 0. The number of piperazine rings is 1. The van der Waals surface area contributed by atoms with Crippen LogP contribution in [0.3, 0.4) is 0 Å². The number of aliphatic carboxylic acids is 1. The Hall–Kier alpha value is -2.25. The molecule has 2 aliphatic rings. The minimum absolute atomic E-state index is 0.228. The van der Waals surface area contributed by atoms with Crippen LogP contribution in [0.25, 0.3) is 11.0 Å². The summed E-state index contributed by atoms with van der Waals surface area (Å²) in [7, 11) is 2.17. The third kappa shape index (κ3) is 4.25. The van der Waals surface area contributed by atoms with E-state index >= 15 is 0 Å². The monoisotopic (exact) mass is 383 g/mol. The molecule has 0 aliphatic carbocycles. The number of benzene rings is 1. The molecule has 1 aromatic carbocycles. The van der Waals surface area contributed by atoms with Crippen LogP contribution in [0.15, 0.2) is 30.5 Å². The van der Waals surface area contributed by atoms with Crippen LogP contribution in [0.1, 0.15) is 19.3 Å². The first-order valence-corrected chi connectivity index (χ1v) is 10.2. The average Bonchev–Trinajstić information content (AvgIpc) is 2.72. The average molecular weight is 383 g/mol. The van der Waals surface area contributed by atoms with E-state index in [-0.39, 0.29) is 6.42 Å². The van der Waals surface area contributed by atoms with Crippen LogP contribution in [0, 0.1) is 5.92 Å². The number of hydrogen-bond acceptors (Lipinski definition) is 6. The van der Waals surface area contributed by atoms with Crippen LogP contribution in [-0.2, 0) is 4.79 Å². The van der Waals surface area contributed by atoms with Crippen molar-refractivity contribution in [2.45, 2.75) is 25.3 Å². The number of likely N-dealkylation sites (N-methyl/N-ethyl adjacent to an activating group) is 1. The fraction of sp³-hybridized carbons (Fsp3) is 0.571. The van der Waals surface area contributed by atoms with Gasteiger partial charge < -0.3 is 14.9 Å². The molecule has 3 heterocycles. The Morgan fingerprint density at radius 2 is 1.89 bits per heavy atom. The topological polar surface area (TPSA) is 72.8 Å². The number of rotatable bonds is 5. The Bertz CT molecular complexity index is 821. The first-order valence-electron chi connectivity index (χ1n) is 10.2. The second kappa shape index (κ2) is 8.41. The predicted octanol–water partition coefficient (Wildman–Crippen LogP) is 1.94. The molecule has 4 rings (SSSR count). The van der Waals surface area contributed by atoms with E-state index in [0.29, 0.717) is 18.4 Å². The van der Waals surface area contributed by atoms with Gasteiger partial charge in [0.05, 0.1) is 17.2 Å². The van der Waals surface area contributed by atoms with Crippen molar-refractivity contribution in [1.82, 2.24) is 19.8 Å². The summed E-state index contributed by atoms with van der Waals surface area (Å²) in [4.78, 5) is 27.8. The van der Waals surface area contributed by atoms with Gasteiger partial charge in [-0.2, -0.15) is 0 Å². The number of nitrogens with zero attached hydrogens (tertiary/aromatic N) is 5. The number of aromatic nitrogens is 2. The van der Waals surface area contributed by atoms with E-state index in [2.05, 4.69) is 26.7 Å². The van der Waals surface area contributed by atoms with E-state index < -0.39 is 5.97 Å². The van der Waals surface area contributed by atoms with E-state index in [0.717, 1.165) is 62.5 Å². The van der Waals surface area contributed by atoms with Crippen LogP contribution >= 0.6 is 0 Å². The van der Waals surface area contributed by atoms with Gasteiger partial charge in [-0.1, -0.05) is 12.1 Å². The smallest absolute Gasteiger partial charge is 0.303 e. The fourth-order valence-corrected chi connectivity index (χ4v) is 4.55. The third-order valence-corrected chi connectivity index (χ3v) is 6.19. The summed E-state index contributed by atoms with van der Waals surface area (Å²) in [6.07, 6.45) is 3.84. The van der Waals surface area contributed by atoms with Crippen LogP contribution in [0.4, 0.5) is 5.82 Å². The number of carbonyl (C=O) groups is 1. The van der Waals surface area contributed by atoms with Crippen LogP contribution < -0.4 is 4.90 Å². The maximum atomic E-state index is 11.2. The van der Waals surface area contributed by atoms with E-state index in [1.165, 1.54) is 0 Å². The van der Waals surface area contributed by atoms with E-state index in [9.17, 15) is 9.90 Å². The van der Waals surface area contributed by atoms with Gasteiger partial charge in [-0.3, -0.25) is 14.7 Å². The summed E-state index contributed by atoms with van der Waals surface area (Å²) in [5.41, 5.74) is 1.81. The zero-order chi connectivity index (χ0) is 19.5. The van der Waals surface area contributed by atoms with Gasteiger partial charge in [-0.05, 0) is 37.9 Å². The summed E-state index contributed by atoms with van der Waals surface area (Å²) in [5.74, 6) is 0.525. The molecule has 2 fully saturated rings. The maximum absolute atomic E-state index is 11.2. The molecular weight excluding hydrogens is 354 g/mol. The van der Waals surface area contributed by atoms with Crippen molar-refractivity contribution < 1.29 is 9.90 Å². The van der Waals surface area contributed by atoms with Gasteiger partial charge in [-0.25, -0.2) is 4.98 Å². The van der Waals surface area contributed by atoms with Gasteiger partial charge >= 0.3 is 5.97 Å². The highest BCUT2D eigenvalue weighted by Gasteiger charge is 2.35. The molecule has 7 nitrogen and oxygen atoms in total. The summed E-state index contributed by atoms with van der Waals surface area (Å²) in [6.45, 7) is 6.09. The number of para-hydroxylation sites is 2. The van der Waals surface area contributed by atoms with Crippen molar-refractivity contribution >= 4 is 22.8 Å². The lowest BCUT2D eigenvalue weighted by Gasteiger charge is -2.46. The molecule has 0 saturated carbocycles. The van der Waals surface area contributed by atoms with Crippen LogP contribution in [0.5, 0.6) is 0 Å². The van der Waals surface area contributed by atoms with Gasteiger partial charge in [0.25, 0.3) is 0 Å². The standard InChI is InChI=1S/C21H29N5O2/c1-24-10-12-25(13-11-24)19-8-9-26(15-16(19)6-7-21(27)28)20-14-22-17-4-2-3-5-18(17)23-20/h2-5,14,16,19H,6-13,15H2,1H3,(H,27,28)/t16-,19+/m1/s1. The molecule has 150 valence electrons. The summed E-state index contributed by atoms with van der Waals surface area (Å²) < 4.78 is 0. The van der Waals surface area contributed by atoms with Gasteiger partial charge in [-0.15, -0.1) is 0 Å². The molecule has 1 N–H and O–H groups in total. The number of piperidine rings is 1. The molecular formula is C21H29N5O2. The van der Waals surface area contributed by atoms with Crippen molar-refractivity contribution in [1.29, 1.82) is 0 Å². The molecule has 2 aliphatic heterocycles. The van der Waals surface area contributed by atoms with Crippen molar-refractivity contribution in [2.24, 2.45) is 5.92 Å². The number of carboxylic acid groups (broad SMARTS) is 1. The molecule has 0 spiro atoms. The highest BCUT2D eigenvalue weighted by Crippen LogP contribution is 2.29. The molecule has 2 aromatic rings. The molecule has 7 heteroatoms. The summed E-state index contributed by atoms with van der Waals surface area (Å²) in [5, 5.41) is 9.22. The number of anilines is 1. The SMILES string of the molecule is CN1CCN([C@H]2CCN(c3cnc4ccccc4n3)C[C@H]2CCC(=O)O)CC1. The molecule has 0 radical (unpaired) electrons. The fourth-order valence-electron chi connectivity index (χ4n) is 4.55. The van der Waals surface area contributed by atoms with Crippen molar-refractivity contribution in [3.8, 4) is 0 Å². The quantitative estimate of drug-likeness (QED) is 0.846. The minimum Gasteiger partial charge on any atom is -0.481 e. The largest absolute Gasteiger partial charge is 0.481 e. The lowest BCUT2D eigenvalue weighted by Crippen LogP contribution is -2.56. The molecule has 1 aromatic heterocycles. The second-order valence-corrected chi connectivity index (χ2v) is 8.05. The van der Waals surface area contributed by atoms with Crippen LogP contribution in [0.2, 0.25) is 0 Å². The second-order valence-electron chi connectivity index (χ2n) is 8.05. The van der Waals surface area contributed by atoms with Crippen molar-refractivity contribution in [2.75, 3.05) is 51.2 Å². The van der Waals surface area contributed by atoms with Gasteiger partial charge in [0.1, 0.15) is 5.82 Å². The predicted molar refractivity (Wildman–Crippen MR) is 110 cm³/mol. The normalized spacial score (nSPS) is 24.5. The lowest BCUT2D eigenvalue weighted by molar-refractivity contribution is -0.137. The lowest BCUT2D eigenvalue weighted by atomic mass is 9.86. The highest BCUT2D eigenvalue weighted by molar-refractivity contribution is 5.75. The molecule has 0 bridgehead atoms. The first-order chi connectivity index (χ1) is 13.6. The first kappa shape index (κ1) is 19.1. The minimum atomic E-state index is -0.709. The third-order valence-electron chi connectivity index (χ3n) is 6.19. The highest BCUT2D eigenvalue weighted by atomic mass is 16.4. The van der Waals surface area contributed by atoms with E-state index in [1.807, 2.05) is 30.5 Å². The Morgan fingerprint density at radius 1 is 1.14 bits per heavy atom. The number of carboxylic acids is 1. The van der Waals surface area contributed by atoms with Gasteiger partial charge in [0.15, 0.2) is 0 Å². The van der Waals surface area contributed by atoms with Gasteiger partial charge in [0, 0.05) is 51.7 Å². The van der Waals surface area contributed by atoms with Crippen molar-refractivity contribution in [3.63, 3.8) is 0 Å². The van der Waals surface area contributed by atoms with E-state index in [1.54, 1.807) is 0 Å². The Kier molecular flexibility index (Phi) is 5.73. The Balaban J connectivity index is 1.50. The van der Waals surface area contributed by atoms with E-state index in [4.69, 9.17) is 4.98 Å². The molecule has 28 heavy (non-hydrogen) atoms.